The first-order chi connectivity index (χ1) is 14.6. The maximum Gasteiger partial charge on any atom is 1.00 e. The maximum atomic E-state index is 5.79. The summed E-state index contributed by atoms with van der Waals surface area (Å²) < 4.78 is 17.0. The van der Waals surface area contributed by atoms with E-state index in [1.807, 2.05) is 12.1 Å². The molecule has 1 atom stereocenters. The molecule has 1 aliphatic carbocycles. The molecule has 1 saturated carbocycles. The van der Waals surface area contributed by atoms with Crippen LogP contribution in [0.25, 0.3) is 0 Å². The molecule has 1 fully saturated rings. The second-order valence-corrected chi connectivity index (χ2v) is 8.82. The first-order valence-corrected chi connectivity index (χ1v) is 11.5. The van der Waals surface area contributed by atoms with E-state index in [4.69, 9.17) is 14.2 Å². The molecule has 0 aromatic heterocycles. The van der Waals surface area contributed by atoms with E-state index in [0.717, 1.165) is 23.8 Å². The summed E-state index contributed by atoms with van der Waals surface area (Å²) in [7, 11) is 0. The zero-order chi connectivity index (χ0) is 21.2. The Kier molecular flexibility index (Phi) is 12.8. The quantitative estimate of drug-likeness (QED) is 0.224. The molecule has 1 unspecified atom stereocenters. The molecule has 0 amide bonds. The third-order valence-electron chi connectivity index (χ3n) is 5.87. The number of hydrogen-bond acceptors (Lipinski definition) is 3. The average molecular weight is 449 g/mol. The van der Waals surface area contributed by atoms with Crippen LogP contribution in [0.2, 0.25) is 0 Å². The molecule has 0 heterocycles. The molecule has 0 bridgehead atoms. The molecule has 0 aliphatic heterocycles. The van der Waals surface area contributed by atoms with Gasteiger partial charge in [-0.05, 0) is 54.5 Å². The van der Waals surface area contributed by atoms with Gasteiger partial charge in [0.1, 0.15) is 18.1 Å². The third kappa shape index (κ3) is 9.57. The number of rotatable bonds is 11. The van der Waals surface area contributed by atoms with Crippen molar-refractivity contribution in [1.29, 1.82) is 0 Å². The van der Waals surface area contributed by atoms with Crippen molar-refractivity contribution < 1.29 is 65.6 Å². The van der Waals surface area contributed by atoms with E-state index in [2.05, 4.69) is 57.2 Å². The largest absolute Gasteiger partial charge is 1.00 e. The van der Waals surface area contributed by atoms with Gasteiger partial charge in [0.25, 0.3) is 0 Å². The van der Waals surface area contributed by atoms with Crippen molar-refractivity contribution in [3.8, 4) is 11.5 Å². The summed E-state index contributed by atoms with van der Waals surface area (Å²) >= 11 is 0. The van der Waals surface area contributed by atoms with Gasteiger partial charge >= 0.3 is 51.4 Å². The molecular formula is C27H37KO3. The first kappa shape index (κ1) is 26.9. The maximum absolute atomic E-state index is 5.79. The van der Waals surface area contributed by atoms with Gasteiger partial charge in [0.05, 0.1) is 6.61 Å². The molecule has 2 aromatic rings. The Balaban J connectivity index is 0.00000341. The van der Waals surface area contributed by atoms with E-state index < -0.39 is 0 Å². The molecule has 31 heavy (non-hydrogen) atoms. The fourth-order valence-corrected chi connectivity index (χ4v) is 4.20. The summed E-state index contributed by atoms with van der Waals surface area (Å²) in [6.07, 6.45) is 7.85. The minimum atomic E-state index is 0. The van der Waals surface area contributed by atoms with Crippen LogP contribution in [0.4, 0.5) is 0 Å². The fourth-order valence-electron chi connectivity index (χ4n) is 4.20. The van der Waals surface area contributed by atoms with Crippen molar-refractivity contribution in [1.82, 2.24) is 0 Å². The average Bonchev–Trinajstić information content (AvgIpc) is 2.77. The molecule has 2 aromatic carbocycles. The van der Waals surface area contributed by atoms with Gasteiger partial charge in [-0.25, -0.2) is 0 Å². The summed E-state index contributed by atoms with van der Waals surface area (Å²) in [6.45, 7) is 9.94. The van der Waals surface area contributed by atoms with Crippen LogP contribution < -0.4 is 60.9 Å². The van der Waals surface area contributed by atoms with E-state index in [-0.39, 0.29) is 58.2 Å². The summed E-state index contributed by atoms with van der Waals surface area (Å²) in [4.78, 5) is 0. The minimum Gasteiger partial charge on any atom is -0.491 e. The summed E-state index contributed by atoms with van der Waals surface area (Å²) in [6, 6.07) is 16.8. The number of benzene rings is 2. The third-order valence-corrected chi connectivity index (χ3v) is 5.87. The molecule has 3 nitrogen and oxygen atoms in total. The van der Waals surface area contributed by atoms with Gasteiger partial charge in [-0.1, -0.05) is 69.4 Å². The van der Waals surface area contributed by atoms with Crippen molar-refractivity contribution in [3.05, 3.63) is 66.6 Å². The Morgan fingerprint density at radius 3 is 2.10 bits per heavy atom. The van der Waals surface area contributed by atoms with E-state index >= 15 is 0 Å². The van der Waals surface area contributed by atoms with Crippen LogP contribution in [0, 0.1) is 12.8 Å². The van der Waals surface area contributed by atoms with Crippen LogP contribution in [0.5, 0.6) is 11.5 Å². The van der Waals surface area contributed by atoms with E-state index in [0.29, 0.717) is 25.0 Å². The van der Waals surface area contributed by atoms with E-state index in [9.17, 15) is 0 Å². The molecular weight excluding hydrogens is 411 g/mol. The SMILES string of the molecule is [CH2-]C(CC(C)C)c1ccc(OCOCCOc2ccc(C3CCCCC3)cc2)cc1.[K+]. The van der Waals surface area contributed by atoms with Crippen LogP contribution in [0.3, 0.4) is 0 Å². The zero-order valence-electron chi connectivity index (χ0n) is 19.6. The van der Waals surface area contributed by atoms with Crippen LogP contribution in [0.15, 0.2) is 48.5 Å². The van der Waals surface area contributed by atoms with Gasteiger partial charge in [-0.3, -0.25) is 0 Å². The summed E-state index contributed by atoms with van der Waals surface area (Å²) in [5.41, 5.74) is 2.70. The van der Waals surface area contributed by atoms with E-state index in [1.54, 1.807) is 0 Å². The summed E-state index contributed by atoms with van der Waals surface area (Å²) in [5, 5.41) is 0. The molecule has 0 spiro atoms. The van der Waals surface area contributed by atoms with Crippen LogP contribution in [-0.2, 0) is 4.74 Å². The van der Waals surface area contributed by atoms with Crippen LogP contribution in [-0.4, -0.2) is 20.0 Å². The topological polar surface area (TPSA) is 27.7 Å². The van der Waals surface area contributed by atoms with Crippen LogP contribution >= 0.6 is 0 Å². The second kappa shape index (κ2) is 14.7. The van der Waals surface area contributed by atoms with Gasteiger partial charge in [0.15, 0.2) is 6.79 Å². The molecule has 0 radical (unpaired) electrons. The minimum absolute atomic E-state index is 0. The van der Waals surface area contributed by atoms with Gasteiger partial charge < -0.3 is 21.1 Å². The standard InChI is InChI=1S/C27H37O3.K/c1-21(2)19-22(3)23-9-13-27(14-10-23)30-20-28-17-18-29-26-15-11-25(12-16-26)24-7-5-4-6-8-24;/h9-16,21-22,24H,3-8,17-20H2,1-2H3;/q-1;+1. The van der Waals surface area contributed by atoms with Crippen molar-refractivity contribution >= 4 is 0 Å². The Labute approximate surface area is 231 Å². The Morgan fingerprint density at radius 2 is 1.45 bits per heavy atom. The van der Waals surface area contributed by atoms with Gasteiger partial charge in [0.2, 0.25) is 0 Å². The zero-order valence-corrected chi connectivity index (χ0v) is 22.8. The van der Waals surface area contributed by atoms with Crippen molar-refractivity contribution in [2.24, 2.45) is 5.92 Å². The normalized spacial score (nSPS) is 15.4. The monoisotopic (exact) mass is 448 g/mol. The smallest absolute Gasteiger partial charge is 0.491 e. The molecule has 164 valence electrons. The predicted octanol–water partition coefficient (Wildman–Crippen LogP) is 4.13. The predicted molar refractivity (Wildman–Crippen MR) is 123 cm³/mol. The van der Waals surface area contributed by atoms with Crippen molar-refractivity contribution in [2.75, 3.05) is 20.0 Å². The van der Waals surface area contributed by atoms with E-state index in [1.165, 1.54) is 43.2 Å². The molecule has 0 saturated heterocycles. The Morgan fingerprint density at radius 1 is 0.839 bits per heavy atom. The van der Waals surface area contributed by atoms with Gasteiger partial charge in [-0.15, -0.1) is 5.92 Å². The number of hydrogen-bond donors (Lipinski definition) is 0. The van der Waals surface area contributed by atoms with Crippen molar-refractivity contribution in [3.63, 3.8) is 0 Å². The van der Waals surface area contributed by atoms with Crippen molar-refractivity contribution in [2.45, 2.75) is 64.2 Å². The van der Waals surface area contributed by atoms with Crippen LogP contribution in [0.1, 0.15) is 75.3 Å². The molecule has 3 rings (SSSR count). The Bertz CT molecular complexity index is 721. The molecule has 0 N–H and O–H groups in total. The Hall–Kier alpha value is -0.364. The molecule has 1 aliphatic rings. The van der Waals surface area contributed by atoms with Gasteiger partial charge in [0, 0.05) is 0 Å². The first-order valence-electron chi connectivity index (χ1n) is 11.5. The molecule has 4 heteroatoms. The van der Waals surface area contributed by atoms with Gasteiger partial charge in [-0.2, -0.15) is 0 Å². The second-order valence-electron chi connectivity index (χ2n) is 8.82. The fraction of sp³-hybridized carbons (Fsp3) is 0.519. The number of ether oxygens (including phenoxy) is 3. The summed E-state index contributed by atoms with van der Waals surface area (Å²) in [5.74, 6) is 3.42.